The molecule has 0 aromatic heterocycles. The van der Waals surface area contributed by atoms with E-state index in [0.717, 1.165) is 5.56 Å². The quantitative estimate of drug-likeness (QED) is 0.810. The number of nitrogens with one attached hydrogen (secondary N) is 1. The normalized spacial score (nSPS) is 13.6. The van der Waals surface area contributed by atoms with E-state index in [4.69, 9.17) is 5.11 Å². The second-order valence-corrected chi connectivity index (χ2v) is 5.84. The molecule has 0 saturated carbocycles. The van der Waals surface area contributed by atoms with E-state index < -0.39 is 10.0 Å². The van der Waals surface area contributed by atoms with Gasteiger partial charge in [-0.2, -0.15) is 0 Å². The third kappa shape index (κ3) is 4.11. The summed E-state index contributed by atoms with van der Waals surface area (Å²) in [6.07, 6.45) is 1.22. The number of hydrogen-bond donors (Lipinski definition) is 2. The van der Waals surface area contributed by atoms with Gasteiger partial charge in [-0.1, -0.05) is 18.2 Å². The van der Waals surface area contributed by atoms with Crippen LogP contribution in [0, 0.1) is 6.92 Å². The number of hydrogen-bond acceptors (Lipinski definition) is 3. The minimum Gasteiger partial charge on any atom is -0.396 e. The second-order valence-electron chi connectivity index (χ2n) is 4.15. The highest BCUT2D eigenvalue weighted by Gasteiger charge is 2.18. The fourth-order valence-electron chi connectivity index (χ4n) is 1.64. The average Bonchev–Trinajstić information content (AvgIpc) is 2.26. The predicted octanol–water partition coefficient (Wildman–Crippen LogP) is 1.43. The first kappa shape index (κ1) is 14.2. The molecule has 0 amide bonds. The van der Waals surface area contributed by atoms with E-state index >= 15 is 0 Å². The maximum Gasteiger partial charge on any atom is 0.241 e. The van der Waals surface area contributed by atoms with Crippen molar-refractivity contribution in [1.29, 1.82) is 0 Å². The molecule has 0 aliphatic rings. The molecule has 17 heavy (non-hydrogen) atoms. The lowest BCUT2D eigenvalue weighted by molar-refractivity contribution is 0.279. The maximum atomic E-state index is 12.1. The van der Waals surface area contributed by atoms with Crippen LogP contribution in [0.1, 0.15) is 25.3 Å². The Morgan fingerprint density at radius 1 is 1.35 bits per heavy atom. The van der Waals surface area contributed by atoms with Crippen LogP contribution in [-0.4, -0.2) is 26.2 Å². The molecule has 1 rings (SSSR count). The Kier molecular flexibility index (Phi) is 5.11. The molecule has 1 atom stereocenters. The minimum absolute atomic E-state index is 0.0798. The van der Waals surface area contributed by atoms with Crippen molar-refractivity contribution in [2.24, 2.45) is 0 Å². The molecule has 0 saturated heterocycles. The highest BCUT2D eigenvalue weighted by molar-refractivity contribution is 7.89. The van der Waals surface area contributed by atoms with Gasteiger partial charge in [0.05, 0.1) is 4.90 Å². The van der Waals surface area contributed by atoms with Gasteiger partial charge < -0.3 is 5.11 Å². The van der Waals surface area contributed by atoms with Gasteiger partial charge in [-0.15, -0.1) is 0 Å². The summed E-state index contributed by atoms with van der Waals surface area (Å²) in [5.74, 6) is 0. The lowest BCUT2D eigenvalue weighted by Gasteiger charge is -2.14. The van der Waals surface area contributed by atoms with Crippen LogP contribution in [0.3, 0.4) is 0 Å². The number of aliphatic hydroxyl groups excluding tert-OH is 1. The molecule has 0 aliphatic carbocycles. The zero-order chi connectivity index (χ0) is 12.9. The van der Waals surface area contributed by atoms with Crippen LogP contribution in [0.4, 0.5) is 0 Å². The third-order valence-electron chi connectivity index (χ3n) is 2.53. The van der Waals surface area contributed by atoms with E-state index in [2.05, 4.69) is 4.72 Å². The summed E-state index contributed by atoms with van der Waals surface area (Å²) in [7, 11) is -3.45. The van der Waals surface area contributed by atoms with Crippen molar-refractivity contribution in [3.63, 3.8) is 0 Å². The fourth-order valence-corrected chi connectivity index (χ4v) is 3.17. The van der Waals surface area contributed by atoms with E-state index in [9.17, 15) is 8.42 Å². The van der Waals surface area contributed by atoms with Crippen molar-refractivity contribution < 1.29 is 13.5 Å². The van der Waals surface area contributed by atoms with E-state index in [-0.39, 0.29) is 12.6 Å². The summed E-state index contributed by atoms with van der Waals surface area (Å²) in [6, 6.07) is 6.71. The Labute approximate surface area is 103 Å². The van der Waals surface area contributed by atoms with Gasteiger partial charge in [-0.3, -0.25) is 0 Å². The van der Waals surface area contributed by atoms with Gasteiger partial charge in [0, 0.05) is 12.6 Å². The number of sulfonamides is 1. The lowest BCUT2D eigenvalue weighted by atomic mass is 10.2. The van der Waals surface area contributed by atoms with Gasteiger partial charge in [0.25, 0.3) is 0 Å². The molecule has 0 spiro atoms. The van der Waals surface area contributed by atoms with Gasteiger partial charge in [0.15, 0.2) is 0 Å². The van der Waals surface area contributed by atoms with Gasteiger partial charge >= 0.3 is 0 Å². The largest absolute Gasteiger partial charge is 0.396 e. The lowest BCUT2D eigenvalue weighted by Crippen LogP contribution is -2.33. The first-order valence-corrected chi connectivity index (χ1v) is 7.14. The minimum atomic E-state index is -3.45. The topological polar surface area (TPSA) is 66.4 Å². The van der Waals surface area contributed by atoms with E-state index in [0.29, 0.717) is 17.7 Å². The first-order chi connectivity index (χ1) is 7.97. The Morgan fingerprint density at radius 3 is 2.59 bits per heavy atom. The molecular weight excluding hydrogens is 238 g/mol. The van der Waals surface area contributed by atoms with Crippen LogP contribution in [-0.2, 0) is 10.0 Å². The van der Waals surface area contributed by atoms with E-state index in [1.807, 2.05) is 6.07 Å². The zero-order valence-electron chi connectivity index (χ0n) is 10.2. The van der Waals surface area contributed by atoms with Crippen molar-refractivity contribution in [3.8, 4) is 0 Å². The summed E-state index contributed by atoms with van der Waals surface area (Å²) in [4.78, 5) is 0.316. The van der Waals surface area contributed by atoms with Crippen LogP contribution in [0.5, 0.6) is 0 Å². The number of benzene rings is 1. The number of rotatable bonds is 6. The molecule has 1 aromatic rings. The summed E-state index contributed by atoms with van der Waals surface area (Å²) in [6.45, 7) is 3.65. The van der Waals surface area contributed by atoms with Gasteiger partial charge in [-0.25, -0.2) is 13.1 Å². The Hall–Kier alpha value is -0.910. The molecule has 5 heteroatoms. The monoisotopic (exact) mass is 257 g/mol. The number of aryl methyl sites for hydroxylation is 1. The highest BCUT2D eigenvalue weighted by Crippen LogP contribution is 2.14. The molecule has 0 aliphatic heterocycles. The van der Waals surface area contributed by atoms with Crippen molar-refractivity contribution in [1.82, 2.24) is 4.72 Å². The summed E-state index contributed by atoms with van der Waals surface area (Å²) in [5, 5.41) is 8.70. The third-order valence-corrected chi connectivity index (χ3v) is 4.28. The SMILES string of the molecule is Cc1ccccc1S(=O)(=O)NC(C)CCCO. The standard InChI is InChI=1S/C12H19NO3S/c1-10-6-3-4-8-12(10)17(15,16)13-11(2)7-5-9-14/h3-4,6,8,11,13-14H,5,7,9H2,1-2H3. The molecule has 0 radical (unpaired) electrons. The Balaban J connectivity index is 2.79. The predicted molar refractivity (Wildman–Crippen MR) is 67.3 cm³/mol. The van der Waals surface area contributed by atoms with Crippen molar-refractivity contribution >= 4 is 10.0 Å². The van der Waals surface area contributed by atoms with E-state index in [1.54, 1.807) is 32.0 Å². The van der Waals surface area contributed by atoms with Crippen LogP contribution < -0.4 is 4.72 Å². The highest BCUT2D eigenvalue weighted by atomic mass is 32.2. The Bertz CT molecular complexity index is 457. The van der Waals surface area contributed by atoms with Crippen molar-refractivity contribution in [3.05, 3.63) is 29.8 Å². The van der Waals surface area contributed by atoms with Gasteiger partial charge in [0.2, 0.25) is 10.0 Å². The molecule has 1 unspecified atom stereocenters. The van der Waals surface area contributed by atoms with Crippen molar-refractivity contribution in [2.45, 2.75) is 37.6 Å². The zero-order valence-corrected chi connectivity index (χ0v) is 11.0. The molecule has 96 valence electrons. The van der Waals surface area contributed by atoms with Crippen LogP contribution in [0.2, 0.25) is 0 Å². The average molecular weight is 257 g/mol. The second kappa shape index (κ2) is 6.14. The van der Waals surface area contributed by atoms with Crippen molar-refractivity contribution in [2.75, 3.05) is 6.61 Å². The summed E-state index contributed by atoms with van der Waals surface area (Å²) >= 11 is 0. The molecule has 0 fully saturated rings. The van der Waals surface area contributed by atoms with Crippen LogP contribution in [0.25, 0.3) is 0 Å². The molecular formula is C12H19NO3S. The van der Waals surface area contributed by atoms with Gasteiger partial charge in [-0.05, 0) is 38.3 Å². The summed E-state index contributed by atoms with van der Waals surface area (Å²) in [5.41, 5.74) is 0.731. The van der Waals surface area contributed by atoms with E-state index in [1.165, 1.54) is 0 Å². The molecule has 4 nitrogen and oxygen atoms in total. The first-order valence-electron chi connectivity index (χ1n) is 5.66. The van der Waals surface area contributed by atoms with Crippen LogP contribution >= 0.6 is 0 Å². The molecule has 0 bridgehead atoms. The smallest absolute Gasteiger partial charge is 0.241 e. The molecule has 0 heterocycles. The molecule has 2 N–H and O–H groups in total. The maximum absolute atomic E-state index is 12.1. The molecule has 1 aromatic carbocycles. The Morgan fingerprint density at radius 2 is 2.00 bits per heavy atom. The fraction of sp³-hybridized carbons (Fsp3) is 0.500. The summed E-state index contributed by atoms with van der Waals surface area (Å²) < 4.78 is 26.7. The number of aliphatic hydroxyl groups is 1. The van der Waals surface area contributed by atoms with Gasteiger partial charge in [0.1, 0.15) is 0 Å². The van der Waals surface area contributed by atoms with Crippen LogP contribution in [0.15, 0.2) is 29.2 Å².